The lowest BCUT2D eigenvalue weighted by molar-refractivity contribution is 1.00. The van der Waals surface area contributed by atoms with Gasteiger partial charge in [-0.25, -0.2) is 9.99 Å². The normalized spacial score (nSPS) is 16.5. The van der Waals surface area contributed by atoms with E-state index < -0.39 is 0 Å². The van der Waals surface area contributed by atoms with Crippen LogP contribution in [0.15, 0.2) is 101 Å². The molecule has 1 atom stereocenters. The van der Waals surface area contributed by atoms with Crippen molar-refractivity contribution in [3.05, 3.63) is 91.1 Å². The van der Waals surface area contributed by atoms with E-state index in [1.165, 1.54) is 0 Å². The van der Waals surface area contributed by atoms with Gasteiger partial charge in [0.25, 0.3) is 0 Å². The highest BCUT2D eigenvalue weighted by Crippen LogP contribution is 2.36. The quantitative estimate of drug-likeness (QED) is 0.447. The third-order valence-corrected chi connectivity index (χ3v) is 6.03. The fourth-order valence-corrected chi connectivity index (χ4v) is 4.41. The highest BCUT2D eigenvalue weighted by atomic mass is 32.1. The third-order valence-electron chi connectivity index (χ3n) is 4.96. The molecular formula is C24H19N5S. The number of aromatic nitrogens is 1. The predicted octanol–water partition coefficient (Wildman–Crippen LogP) is 5.59. The number of nitrogens with two attached hydrogens (primary N) is 1. The summed E-state index contributed by atoms with van der Waals surface area (Å²) in [5, 5.41) is 7.18. The summed E-state index contributed by atoms with van der Waals surface area (Å²) >= 11 is 1.66. The summed E-state index contributed by atoms with van der Waals surface area (Å²) in [7, 11) is 0. The van der Waals surface area contributed by atoms with Crippen molar-refractivity contribution in [3.8, 4) is 10.6 Å². The molecule has 0 fully saturated rings. The average molecular weight is 410 g/mol. The largest absolute Gasteiger partial charge is 0.385 e. The Hall–Kier alpha value is -3.77. The highest BCUT2D eigenvalue weighted by molar-refractivity contribution is 7.21. The van der Waals surface area contributed by atoms with Crippen LogP contribution in [0.25, 0.3) is 20.8 Å². The van der Waals surface area contributed by atoms with E-state index in [0.29, 0.717) is 5.84 Å². The molecular weight excluding hydrogens is 390 g/mol. The summed E-state index contributed by atoms with van der Waals surface area (Å²) in [6.45, 7) is 4.20. The summed E-state index contributed by atoms with van der Waals surface area (Å²) in [6, 6.07) is 26.0. The van der Waals surface area contributed by atoms with Crippen LogP contribution >= 0.6 is 11.3 Å². The molecule has 0 amide bonds. The lowest BCUT2D eigenvalue weighted by atomic mass is 10.1. The zero-order chi connectivity index (χ0) is 20.5. The van der Waals surface area contributed by atoms with Gasteiger partial charge >= 0.3 is 0 Å². The van der Waals surface area contributed by atoms with Crippen LogP contribution in [0.4, 0.5) is 11.4 Å². The molecule has 30 heavy (non-hydrogen) atoms. The SMILES string of the molecule is C=C1C(/C=N\c2ccccc2-c2nc3ccccc3s2)C(N)=NN1c1ccccc1. The minimum absolute atomic E-state index is 0.256. The summed E-state index contributed by atoms with van der Waals surface area (Å²) < 4.78 is 1.16. The number of thiazole rings is 1. The van der Waals surface area contributed by atoms with Crippen molar-refractivity contribution in [1.29, 1.82) is 0 Å². The number of anilines is 1. The van der Waals surface area contributed by atoms with Gasteiger partial charge in [0.15, 0.2) is 0 Å². The Labute approximate surface area is 178 Å². The molecule has 0 radical (unpaired) electrons. The standard InChI is InChI=1S/C24H19N5S/c1-16-19(23(25)28-29(16)17-9-3-2-4-10-17)15-26-20-12-6-5-11-18(20)24-27-21-13-7-8-14-22(21)30-24/h2-15,19H,1H2,(H2,25,28)/b26-15-. The number of hydrogen-bond donors (Lipinski definition) is 1. The van der Waals surface area contributed by atoms with Gasteiger partial charge < -0.3 is 5.73 Å². The Kier molecular flexibility index (Phi) is 4.61. The fourth-order valence-electron chi connectivity index (χ4n) is 3.41. The van der Waals surface area contributed by atoms with Crippen molar-refractivity contribution in [2.24, 2.45) is 21.7 Å². The number of amidine groups is 1. The number of aliphatic imine (C=N–C) groups is 1. The number of hydrazone groups is 1. The van der Waals surface area contributed by atoms with Gasteiger partial charge in [0, 0.05) is 11.8 Å². The molecule has 0 saturated carbocycles. The van der Waals surface area contributed by atoms with Crippen molar-refractivity contribution in [1.82, 2.24) is 4.98 Å². The maximum Gasteiger partial charge on any atom is 0.135 e. The monoisotopic (exact) mass is 409 g/mol. The average Bonchev–Trinajstić information content (AvgIpc) is 3.34. The molecule has 1 aromatic heterocycles. The molecule has 4 aromatic rings. The first kappa shape index (κ1) is 18.3. The minimum Gasteiger partial charge on any atom is -0.385 e. The van der Waals surface area contributed by atoms with Crippen LogP contribution in [0.5, 0.6) is 0 Å². The van der Waals surface area contributed by atoms with Crippen molar-refractivity contribution in [2.45, 2.75) is 0 Å². The first-order chi connectivity index (χ1) is 14.7. The number of rotatable bonds is 4. The number of para-hydroxylation sites is 3. The number of fused-ring (bicyclic) bond motifs is 1. The zero-order valence-corrected chi connectivity index (χ0v) is 17.0. The van der Waals surface area contributed by atoms with E-state index in [1.54, 1.807) is 16.3 Å². The van der Waals surface area contributed by atoms with Crippen molar-refractivity contribution in [3.63, 3.8) is 0 Å². The van der Waals surface area contributed by atoms with Gasteiger partial charge in [-0.15, -0.1) is 11.3 Å². The number of nitrogens with zero attached hydrogens (tertiary/aromatic N) is 4. The predicted molar refractivity (Wildman–Crippen MR) is 126 cm³/mol. The van der Waals surface area contributed by atoms with E-state index in [4.69, 9.17) is 15.7 Å². The molecule has 6 heteroatoms. The van der Waals surface area contributed by atoms with Crippen LogP contribution in [0.1, 0.15) is 0 Å². The summed E-state index contributed by atoms with van der Waals surface area (Å²) in [5.41, 5.74) is 10.7. The van der Waals surface area contributed by atoms with Crippen LogP contribution in [0.2, 0.25) is 0 Å². The minimum atomic E-state index is -0.256. The molecule has 5 nitrogen and oxygen atoms in total. The highest BCUT2D eigenvalue weighted by Gasteiger charge is 2.28. The molecule has 0 saturated heterocycles. The second kappa shape index (κ2) is 7.57. The van der Waals surface area contributed by atoms with Gasteiger partial charge in [-0.05, 0) is 36.4 Å². The van der Waals surface area contributed by atoms with E-state index in [1.807, 2.05) is 79.0 Å². The van der Waals surface area contributed by atoms with Crippen LogP contribution < -0.4 is 10.7 Å². The molecule has 1 aliphatic rings. The molecule has 0 aliphatic carbocycles. The summed E-state index contributed by atoms with van der Waals surface area (Å²) in [6.07, 6.45) is 1.82. The van der Waals surface area contributed by atoms with Crippen molar-refractivity contribution >= 4 is 45.0 Å². The van der Waals surface area contributed by atoms with Gasteiger partial charge in [-0.2, -0.15) is 5.10 Å². The van der Waals surface area contributed by atoms with E-state index in [9.17, 15) is 0 Å². The second-order valence-corrected chi connectivity index (χ2v) is 7.95. The molecule has 146 valence electrons. The van der Waals surface area contributed by atoms with Gasteiger partial charge in [0.2, 0.25) is 0 Å². The maximum atomic E-state index is 6.21. The van der Waals surface area contributed by atoms with Gasteiger partial charge in [0.1, 0.15) is 10.8 Å². The molecule has 0 spiro atoms. The Morgan fingerprint density at radius 2 is 1.70 bits per heavy atom. The number of benzene rings is 3. The topological polar surface area (TPSA) is 66.9 Å². The van der Waals surface area contributed by atoms with Gasteiger partial charge in [-0.1, -0.05) is 49.0 Å². The number of hydrogen-bond acceptors (Lipinski definition) is 6. The zero-order valence-electron chi connectivity index (χ0n) is 16.1. The van der Waals surface area contributed by atoms with Gasteiger partial charge in [-0.3, -0.25) is 4.99 Å². The molecule has 2 N–H and O–H groups in total. The van der Waals surface area contributed by atoms with Crippen LogP contribution in [-0.4, -0.2) is 17.0 Å². The molecule has 1 aliphatic heterocycles. The van der Waals surface area contributed by atoms with E-state index >= 15 is 0 Å². The maximum absolute atomic E-state index is 6.21. The Bertz CT molecular complexity index is 1260. The molecule has 3 aromatic carbocycles. The molecule has 1 unspecified atom stereocenters. The first-order valence-corrected chi connectivity index (χ1v) is 10.4. The first-order valence-electron chi connectivity index (χ1n) is 9.58. The lowest BCUT2D eigenvalue weighted by Crippen LogP contribution is -2.22. The third kappa shape index (κ3) is 3.27. The summed E-state index contributed by atoms with van der Waals surface area (Å²) in [4.78, 5) is 9.53. The van der Waals surface area contributed by atoms with Crippen LogP contribution in [0, 0.1) is 5.92 Å². The van der Waals surface area contributed by atoms with Crippen LogP contribution in [0.3, 0.4) is 0 Å². The Morgan fingerprint density at radius 1 is 0.967 bits per heavy atom. The van der Waals surface area contributed by atoms with Crippen molar-refractivity contribution < 1.29 is 0 Å². The molecule has 2 heterocycles. The second-order valence-electron chi connectivity index (χ2n) is 6.92. The smallest absolute Gasteiger partial charge is 0.135 e. The van der Waals surface area contributed by atoms with E-state index in [-0.39, 0.29) is 5.92 Å². The Morgan fingerprint density at radius 3 is 2.53 bits per heavy atom. The molecule has 0 bridgehead atoms. The van der Waals surface area contributed by atoms with Crippen molar-refractivity contribution in [2.75, 3.05) is 5.01 Å². The van der Waals surface area contributed by atoms with E-state index in [0.717, 1.165) is 37.9 Å². The Balaban J connectivity index is 1.45. The molecule has 5 rings (SSSR count). The fraction of sp³-hybridized carbons (Fsp3) is 0.0417. The van der Waals surface area contributed by atoms with E-state index in [2.05, 4.69) is 17.7 Å². The van der Waals surface area contributed by atoms with Gasteiger partial charge in [0.05, 0.1) is 33.2 Å². The lowest BCUT2D eigenvalue weighted by Gasteiger charge is -2.16. The van der Waals surface area contributed by atoms with Crippen LogP contribution in [-0.2, 0) is 0 Å². The summed E-state index contributed by atoms with van der Waals surface area (Å²) in [5.74, 6) is 0.221.